The lowest BCUT2D eigenvalue weighted by molar-refractivity contribution is 0.239. The third kappa shape index (κ3) is 2.46. The van der Waals surface area contributed by atoms with E-state index in [4.69, 9.17) is 0 Å². The molecule has 3 heteroatoms. The third-order valence-corrected chi connectivity index (χ3v) is 3.28. The maximum atomic E-state index is 4.42. The summed E-state index contributed by atoms with van der Waals surface area (Å²) >= 11 is 0. The molecule has 0 radical (unpaired) electrons. The van der Waals surface area contributed by atoms with Gasteiger partial charge in [0, 0.05) is 24.3 Å². The second kappa shape index (κ2) is 5.00. The van der Waals surface area contributed by atoms with Crippen LogP contribution in [0, 0.1) is 5.92 Å². The van der Waals surface area contributed by atoms with E-state index in [9.17, 15) is 0 Å². The molecule has 3 nitrogen and oxygen atoms in total. The number of nitrogens with zero attached hydrogens (tertiary/aromatic N) is 2. The number of aromatic nitrogens is 2. The number of hydrogen-bond acceptors (Lipinski definition) is 2. The van der Waals surface area contributed by atoms with Crippen LogP contribution in [-0.2, 0) is 19.4 Å². The van der Waals surface area contributed by atoms with Crippen molar-refractivity contribution in [2.45, 2.75) is 46.6 Å². The van der Waals surface area contributed by atoms with Gasteiger partial charge in [0.15, 0.2) is 0 Å². The van der Waals surface area contributed by atoms with Crippen LogP contribution in [0.2, 0.25) is 0 Å². The molecule has 0 unspecified atom stereocenters. The summed E-state index contributed by atoms with van der Waals surface area (Å²) in [7, 11) is 0. The van der Waals surface area contributed by atoms with E-state index in [1.54, 1.807) is 0 Å². The molecule has 1 aliphatic heterocycles. The Balaban J connectivity index is 2.14. The summed E-state index contributed by atoms with van der Waals surface area (Å²) in [6.45, 7) is 10.3. The van der Waals surface area contributed by atoms with E-state index in [2.05, 4.69) is 35.9 Å². The van der Waals surface area contributed by atoms with Gasteiger partial charge in [-0.05, 0) is 31.7 Å². The molecular weight excluding hydrogens is 198 g/mol. The monoisotopic (exact) mass is 221 g/mol. The van der Waals surface area contributed by atoms with Gasteiger partial charge in [0.2, 0.25) is 0 Å². The predicted octanol–water partition coefficient (Wildman–Crippen LogP) is 2.38. The maximum absolute atomic E-state index is 4.42. The van der Waals surface area contributed by atoms with Crippen LogP contribution in [0.3, 0.4) is 0 Å². The molecule has 2 heterocycles. The molecule has 1 aromatic rings. The second-order valence-electron chi connectivity index (χ2n) is 5.21. The summed E-state index contributed by atoms with van der Waals surface area (Å²) < 4.78 is 0. The molecule has 90 valence electrons. The van der Waals surface area contributed by atoms with Crippen molar-refractivity contribution in [3.8, 4) is 0 Å². The zero-order valence-corrected chi connectivity index (χ0v) is 10.7. The van der Waals surface area contributed by atoms with E-state index in [1.165, 1.54) is 36.5 Å². The number of aromatic amines is 1. The molecule has 0 amide bonds. The number of nitrogens with one attached hydrogen (secondary N) is 1. The van der Waals surface area contributed by atoms with Gasteiger partial charge in [-0.3, -0.25) is 10.00 Å². The van der Waals surface area contributed by atoms with Crippen LogP contribution in [0.15, 0.2) is 0 Å². The summed E-state index contributed by atoms with van der Waals surface area (Å²) in [5.41, 5.74) is 4.12. The van der Waals surface area contributed by atoms with Gasteiger partial charge in [-0.1, -0.05) is 20.8 Å². The third-order valence-electron chi connectivity index (χ3n) is 3.28. The Morgan fingerprint density at radius 2 is 2.25 bits per heavy atom. The highest BCUT2D eigenvalue weighted by molar-refractivity contribution is 5.26. The molecule has 0 bridgehead atoms. The van der Waals surface area contributed by atoms with Crippen LogP contribution >= 0.6 is 0 Å². The summed E-state index contributed by atoms with van der Waals surface area (Å²) in [6, 6.07) is 0. The molecular formula is C13H23N3. The SMILES string of the molecule is CCc1n[nH]c2c1CN(CC(C)C)CCC2. The predicted molar refractivity (Wildman–Crippen MR) is 66.4 cm³/mol. The van der Waals surface area contributed by atoms with Crippen LogP contribution in [0.25, 0.3) is 0 Å². The van der Waals surface area contributed by atoms with Crippen molar-refractivity contribution in [2.24, 2.45) is 5.92 Å². The highest BCUT2D eigenvalue weighted by atomic mass is 15.2. The lowest BCUT2D eigenvalue weighted by Gasteiger charge is -2.22. The van der Waals surface area contributed by atoms with Crippen LogP contribution in [-0.4, -0.2) is 28.2 Å². The highest BCUT2D eigenvalue weighted by Gasteiger charge is 2.19. The summed E-state index contributed by atoms with van der Waals surface area (Å²) in [6.07, 6.45) is 3.46. The average Bonchev–Trinajstić information content (AvgIpc) is 2.50. The Hall–Kier alpha value is -0.830. The van der Waals surface area contributed by atoms with Crippen molar-refractivity contribution in [1.82, 2.24) is 15.1 Å². The first-order chi connectivity index (χ1) is 7.70. The molecule has 0 aromatic carbocycles. The molecule has 0 atom stereocenters. The Bertz CT molecular complexity index is 341. The molecule has 1 aromatic heterocycles. The van der Waals surface area contributed by atoms with Crippen molar-refractivity contribution < 1.29 is 0 Å². The minimum atomic E-state index is 0.749. The largest absolute Gasteiger partial charge is 0.299 e. The Morgan fingerprint density at radius 3 is 2.94 bits per heavy atom. The van der Waals surface area contributed by atoms with Crippen LogP contribution in [0.1, 0.15) is 44.1 Å². The fourth-order valence-electron chi connectivity index (χ4n) is 2.58. The molecule has 0 fully saturated rings. The maximum Gasteiger partial charge on any atom is 0.0667 e. The average molecular weight is 221 g/mol. The highest BCUT2D eigenvalue weighted by Crippen LogP contribution is 2.20. The Kier molecular flexibility index (Phi) is 3.64. The van der Waals surface area contributed by atoms with Gasteiger partial charge in [-0.15, -0.1) is 0 Å². The van der Waals surface area contributed by atoms with Gasteiger partial charge in [0.05, 0.1) is 5.69 Å². The van der Waals surface area contributed by atoms with E-state index in [1.807, 2.05) is 0 Å². The molecule has 1 N–H and O–H groups in total. The lowest BCUT2D eigenvalue weighted by atomic mass is 10.1. The van der Waals surface area contributed by atoms with E-state index in [0.717, 1.165) is 25.3 Å². The van der Waals surface area contributed by atoms with E-state index < -0.39 is 0 Å². The number of fused-ring (bicyclic) bond motifs is 1. The minimum Gasteiger partial charge on any atom is -0.299 e. The van der Waals surface area contributed by atoms with Gasteiger partial charge in [-0.25, -0.2) is 0 Å². The Labute approximate surface area is 98.2 Å². The zero-order valence-electron chi connectivity index (χ0n) is 10.7. The van der Waals surface area contributed by atoms with Crippen molar-refractivity contribution >= 4 is 0 Å². The van der Waals surface area contributed by atoms with E-state index >= 15 is 0 Å². The normalized spacial score (nSPS) is 17.5. The van der Waals surface area contributed by atoms with Crippen LogP contribution < -0.4 is 0 Å². The van der Waals surface area contributed by atoms with Gasteiger partial charge < -0.3 is 0 Å². The van der Waals surface area contributed by atoms with Crippen molar-refractivity contribution in [1.29, 1.82) is 0 Å². The van der Waals surface area contributed by atoms with E-state index in [0.29, 0.717) is 0 Å². The Morgan fingerprint density at radius 1 is 1.44 bits per heavy atom. The quantitative estimate of drug-likeness (QED) is 0.850. The topological polar surface area (TPSA) is 31.9 Å². The number of rotatable bonds is 3. The fourth-order valence-corrected chi connectivity index (χ4v) is 2.58. The van der Waals surface area contributed by atoms with Crippen LogP contribution in [0.4, 0.5) is 0 Å². The minimum absolute atomic E-state index is 0.749. The number of H-pyrrole nitrogens is 1. The standard InChI is InChI=1S/C13H23N3/c1-4-12-11-9-16(8-10(2)3)7-5-6-13(11)15-14-12/h10H,4-9H2,1-3H3,(H,14,15). The molecule has 0 saturated carbocycles. The summed E-state index contributed by atoms with van der Waals surface area (Å²) in [5, 5.41) is 7.63. The van der Waals surface area contributed by atoms with Gasteiger partial charge >= 0.3 is 0 Å². The van der Waals surface area contributed by atoms with E-state index in [-0.39, 0.29) is 0 Å². The summed E-state index contributed by atoms with van der Waals surface area (Å²) in [5.74, 6) is 0.749. The first kappa shape index (κ1) is 11.6. The molecule has 0 aliphatic carbocycles. The van der Waals surface area contributed by atoms with Gasteiger partial charge in [0.25, 0.3) is 0 Å². The molecule has 2 rings (SSSR count). The zero-order chi connectivity index (χ0) is 11.5. The van der Waals surface area contributed by atoms with Gasteiger partial charge in [0.1, 0.15) is 0 Å². The lowest BCUT2D eigenvalue weighted by Crippen LogP contribution is -2.27. The fraction of sp³-hybridized carbons (Fsp3) is 0.769. The number of aryl methyl sites for hydroxylation is 2. The molecule has 16 heavy (non-hydrogen) atoms. The van der Waals surface area contributed by atoms with Gasteiger partial charge in [-0.2, -0.15) is 5.10 Å². The first-order valence-corrected chi connectivity index (χ1v) is 6.48. The molecule has 1 aliphatic rings. The number of hydrogen-bond donors (Lipinski definition) is 1. The van der Waals surface area contributed by atoms with Crippen molar-refractivity contribution in [3.63, 3.8) is 0 Å². The van der Waals surface area contributed by atoms with Crippen LogP contribution in [0.5, 0.6) is 0 Å². The van der Waals surface area contributed by atoms with Crippen molar-refractivity contribution in [2.75, 3.05) is 13.1 Å². The van der Waals surface area contributed by atoms with Crippen molar-refractivity contribution in [3.05, 3.63) is 17.0 Å². The molecule has 0 saturated heterocycles. The smallest absolute Gasteiger partial charge is 0.0667 e. The second-order valence-corrected chi connectivity index (χ2v) is 5.21. The molecule has 0 spiro atoms. The summed E-state index contributed by atoms with van der Waals surface area (Å²) in [4.78, 5) is 2.57. The first-order valence-electron chi connectivity index (χ1n) is 6.48.